The van der Waals surface area contributed by atoms with Gasteiger partial charge >= 0.3 is 0 Å². The van der Waals surface area contributed by atoms with E-state index in [1.165, 1.54) is 0 Å². The number of halogens is 1. The van der Waals surface area contributed by atoms with Crippen molar-refractivity contribution in [2.75, 3.05) is 13.7 Å². The zero-order valence-electron chi connectivity index (χ0n) is 8.80. The third-order valence-corrected chi connectivity index (χ3v) is 2.87. The molecule has 0 saturated carbocycles. The van der Waals surface area contributed by atoms with Gasteiger partial charge in [-0.05, 0) is 42.6 Å². The Bertz CT molecular complexity index is 325. The third kappa shape index (κ3) is 2.20. The summed E-state index contributed by atoms with van der Waals surface area (Å²) in [6, 6.07) is 3.82. The average Bonchev–Trinajstić information content (AvgIpc) is 2.20. The van der Waals surface area contributed by atoms with E-state index in [0.717, 1.165) is 21.9 Å². The highest BCUT2D eigenvalue weighted by molar-refractivity contribution is 6.31. The van der Waals surface area contributed by atoms with Crippen LogP contribution >= 0.6 is 11.6 Å². The molecule has 0 aliphatic carbocycles. The van der Waals surface area contributed by atoms with E-state index < -0.39 is 0 Å². The molecule has 1 rings (SSSR count). The number of hydrogen-bond acceptors (Lipinski definition) is 2. The summed E-state index contributed by atoms with van der Waals surface area (Å²) in [6.07, 6.45) is 0. The van der Waals surface area contributed by atoms with Gasteiger partial charge in [0, 0.05) is 5.02 Å². The Balaban J connectivity index is 3.20. The molecule has 2 nitrogen and oxygen atoms in total. The maximum Gasteiger partial charge on any atom is 0.120 e. The molecule has 0 amide bonds. The molecule has 1 aromatic carbocycles. The van der Waals surface area contributed by atoms with Crippen molar-refractivity contribution < 1.29 is 4.74 Å². The van der Waals surface area contributed by atoms with Crippen molar-refractivity contribution in [3.05, 3.63) is 28.3 Å². The van der Waals surface area contributed by atoms with E-state index in [9.17, 15) is 0 Å². The Morgan fingerprint density at radius 1 is 1.50 bits per heavy atom. The molecule has 0 bridgehead atoms. The minimum Gasteiger partial charge on any atom is -0.497 e. The van der Waals surface area contributed by atoms with E-state index in [1.807, 2.05) is 19.1 Å². The van der Waals surface area contributed by atoms with Crippen molar-refractivity contribution in [3.8, 4) is 5.75 Å². The lowest BCUT2D eigenvalue weighted by molar-refractivity contribution is 0.414. The van der Waals surface area contributed by atoms with Gasteiger partial charge in [-0.15, -0.1) is 0 Å². The van der Waals surface area contributed by atoms with Crippen LogP contribution < -0.4 is 10.5 Å². The molecule has 0 fully saturated rings. The second-order valence-corrected chi connectivity index (χ2v) is 3.87. The standard InChI is InChI=1S/C11H16ClNO/c1-7(6-13)10-4-9(14-3)5-11(12)8(10)2/h4-5,7H,6,13H2,1-3H3. The van der Waals surface area contributed by atoms with Crippen LogP contribution in [0.4, 0.5) is 0 Å². The van der Waals surface area contributed by atoms with Crippen LogP contribution in [0, 0.1) is 6.92 Å². The Hall–Kier alpha value is -0.730. The predicted octanol–water partition coefficient (Wildman–Crippen LogP) is 2.72. The topological polar surface area (TPSA) is 35.2 Å². The fourth-order valence-electron chi connectivity index (χ4n) is 1.43. The SMILES string of the molecule is COc1cc(Cl)c(C)c(C(C)CN)c1. The Morgan fingerprint density at radius 2 is 2.14 bits per heavy atom. The van der Waals surface area contributed by atoms with Gasteiger partial charge in [0.05, 0.1) is 7.11 Å². The molecule has 0 saturated heterocycles. The molecule has 0 spiro atoms. The highest BCUT2D eigenvalue weighted by Crippen LogP contribution is 2.30. The van der Waals surface area contributed by atoms with Crippen LogP contribution in [0.2, 0.25) is 5.02 Å². The normalized spacial score (nSPS) is 12.6. The summed E-state index contributed by atoms with van der Waals surface area (Å²) in [4.78, 5) is 0. The molecule has 0 aliphatic heterocycles. The molecule has 0 aliphatic rings. The molecule has 3 heteroatoms. The van der Waals surface area contributed by atoms with Gasteiger partial charge in [-0.25, -0.2) is 0 Å². The van der Waals surface area contributed by atoms with Crippen LogP contribution in [0.1, 0.15) is 24.0 Å². The predicted molar refractivity (Wildman–Crippen MR) is 60.2 cm³/mol. The molecule has 0 radical (unpaired) electrons. The third-order valence-electron chi connectivity index (χ3n) is 2.48. The number of ether oxygens (including phenoxy) is 1. The van der Waals surface area contributed by atoms with Gasteiger partial charge in [0.15, 0.2) is 0 Å². The van der Waals surface area contributed by atoms with Crippen LogP contribution in [-0.2, 0) is 0 Å². The zero-order chi connectivity index (χ0) is 10.7. The fraction of sp³-hybridized carbons (Fsp3) is 0.455. The number of rotatable bonds is 3. The van der Waals surface area contributed by atoms with Crippen molar-refractivity contribution in [1.82, 2.24) is 0 Å². The molecule has 78 valence electrons. The van der Waals surface area contributed by atoms with Crippen molar-refractivity contribution in [2.24, 2.45) is 5.73 Å². The summed E-state index contributed by atoms with van der Waals surface area (Å²) < 4.78 is 5.16. The van der Waals surface area contributed by atoms with Gasteiger partial charge in [0.1, 0.15) is 5.75 Å². The quantitative estimate of drug-likeness (QED) is 0.838. The monoisotopic (exact) mass is 213 g/mol. The summed E-state index contributed by atoms with van der Waals surface area (Å²) in [5.41, 5.74) is 7.88. The van der Waals surface area contributed by atoms with Gasteiger partial charge in [-0.3, -0.25) is 0 Å². The van der Waals surface area contributed by atoms with Gasteiger partial charge in [-0.1, -0.05) is 18.5 Å². The smallest absolute Gasteiger partial charge is 0.120 e. The Kier molecular flexibility index (Phi) is 3.78. The van der Waals surface area contributed by atoms with Gasteiger partial charge in [0.25, 0.3) is 0 Å². The molecule has 2 N–H and O–H groups in total. The van der Waals surface area contributed by atoms with E-state index in [-0.39, 0.29) is 0 Å². The molecule has 1 aromatic rings. The lowest BCUT2D eigenvalue weighted by atomic mass is 9.96. The van der Waals surface area contributed by atoms with E-state index >= 15 is 0 Å². The van der Waals surface area contributed by atoms with E-state index in [0.29, 0.717) is 12.5 Å². The summed E-state index contributed by atoms with van der Waals surface area (Å²) in [5.74, 6) is 1.10. The zero-order valence-corrected chi connectivity index (χ0v) is 9.56. The summed E-state index contributed by atoms with van der Waals surface area (Å²) in [5, 5.41) is 0.736. The van der Waals surface area contributed by atoms with Crippen LogP contribution in [0.25, 0.3) is 0 Å². The molecule has 0 heterocycles. The Labute approximate surface area is 90.0 Å². The second-order valence-electron chi connectivity index (χ2n) is 3.46. The molecule has 14 heavy (non-hydrogen) atoms. The van der Waals surface area contributed by atoms with Crippen molar-refractivity contribution in [1.29, 1.82) is 0 Å². The van der Waals surface area contributed by atoms with Gasteiger partial charge in [0.2, 0.25) is 0 Å². The van der Waals surface area contributed by atoms with E-state index in [2.05, 4.69) is 6.92 Å². The first kappa shape index (κ1) is 11.3. The number of nitrogens with two attached hydrogens (primary N) is 1. The minimum atomic E-state index is 0.308. The highest BCUT2D eigenvalue weighted by atomic mass is 35.5. The van der Waals surface area contributed by atoms with Crippen molar-refractivity contribution in [2.45, 2.75) is 19.8 Å². The van der Waals surface area contributed by atoms with Crippen LogP contribution in [0.3, 0.4) is 0 Å². The number of methoxy groups -OCH3 is 1. The Morgan fingerprint density at radius 3 is 2.64 bits per heavy atom. The number of hydrogen-bond donors (Lipinski definition) is 1. The van der Waals surface area contributed by atoms with Crippen LogP contribution in [0.5, 0.6) is 5.75 Å². The molecule has 0 aromatic heterocycles. The summed E-state index contributed by atoms with van der Waals surface area (Å²) in [6.45, 7) is 4.70. The first-order valence-corrected chi connectivity index (χ1v) is 5.02. The van der Waals surface area contributed by atoms with E-state index in [1.54, 1.807) is 7.11 Å². The summed E-state index contributed by atoms with van der Waals surface area (Å²) in [7, 11) is 1.64. The van der Waals surface area contributed by atoms with Crippen LogP contribution in [-0.4, -0.2) is 13.7 Å². The first-order chi connectivity index (χ1) is 6.60. The number of benzene rings is 1. The molecular weight excluding hydrogens is 198 g/mol. The van der Waals surface area contributed by atoms with Gasteiger partial charge in [-0.2, -0.15) is 0 Å². The van der Waals surface area contributed by atoms with Crippen molar-refractivity contribution >= 4 is 11.6 Å². The first-order valence-electron chi connectivity index (χ1n) is 4.64. The average molecular weight is 214 g/mol. The van der Waals surface area contributed by atoms with E-state index in [4.69, 9.17) is 22.1 Å². The summed E-state index contributed by atoms with van der Waals surface area (Å²) >= 11 is 6.08. The molecular formula is C11H16ClNO. The maximum atomic E-state index is 6.08. The molecule has 1 unspecified atom stereocenters. The lowest BCUT2D eigenvalue weighted by Gasteiger charge is -2.15. The second kappa shape index (κ2) is 4.67. The van der Waals surface area contributed by atoms with Crippen molar-refractivity contribution in [3.63, 3.8) is 0 Å². The largest absolute Gasteiger partial charge is 0.497 e. The minimum absolute atomic E-state index is 0.308. The lowest BCUT2D eigenvalue weighted by Crippen LogP contribution is -2.10. The highest BCUT2D eigenvalue weighted by Gasteiger charge is 2.11. The fourth-order valence-corrected chi connectivity index (χ4v) is 1.65. The molecule has 1 atom stereocenters. The van der Waals surface area contributed by atoms with Gasteiger partial charge < -0.3 is 10.5 Å². The maximum absolute atomic E-state index is 6.08. The van der Waals surface area contributed by atoms with Crippen LogP contribution in [0.15, 0.2) is 12.1 Å².